The standard InChI is InChI=1S/C14H25N.C2H4O.4C2H6/c1-11-8-14(10-15(11)2)9-13(14)12-6-4-3-5-7-12;1-2-3;4*1-2/h11-13H,3-10H2,1-2H3;2H,1H3;4*1-2H3/t11?,13?,14-;;;;;/m1...../s1. The molecule has 1 saturated heterocycles. The lowest BCUT2D eigenvalue weighted by Gasteiger charge is -2.23. The molecule has 1 spiro atoms. The second-order valence-electron chi connectivity index (χ2n) is 6.78. The van der Waals surface area contributed by atoms with Crippen molar-refractivity contribution in [3.05, 3.63) is 0 Å². The van der Waals surface area contributed by atoms with E-state index < -0.39 is 0 Å². The van der Waals surface area contributed by atoms with E-state index in [9.17, 15) is 0 Å². The van der Waals surface area contributed by atoms with E-state index in [2.05, 4.69) is 18.9 Å². The third-order valence-electron chi connectivity index (χ3n) is 5.49. The fourth-order valence-electron chi connectivity index (χ4n) is 4.46. The number of carbonyl (C=O) groups is 1. The van der Waals surface area contributed by atoms with E-state index in [0.29, 0.717) is 0 Å². The lowest BCUT2D eigenvalue weighted by atomic mass is 9.82. The SMILES string of the molecule is CC.CC.CC.CC.CC1C[C@@]2(CC2C2CCCCC2)CN1C.CC=O. The smallest absolute Gasteiger partial charge is 0.116 e. The lowest BCUT2D eigenvalue weighted by molar-refractivity contribution is -0.106. The van der Waals surface area contributed by atoms with Gasteiger partial charge in [0, 0.05) is 12.6 Å². The van der Waals surface area contributed by atoms with Gasteiger partial charge < -0.3 is 9.69 Å². The maximum atomic E-state index is 8.81. The molecule has 3 rings (SSSR count). The van der Waals surface area contributed by atoms with E-state index in [1.807, 2.05) is 55.4 Å². The zero-order valence-corrected chi connectivity index (χ0v) is 20.3. The van der Waals surface area contributed by atoms with E-state index in [1.54, 1.807) is 19.3 Å². The van der Waals surface area contributed by atoms with Gasteiger partial charge in [-0.3, -0.25) is 0 Å². The fourth-order valence-corrected chi connectivity index (χ4v) is 4.46. The number of hydrogen-bond donors (Lipinski definition) is 0. The molecular formula is C24H53NO. The van der Waals surface area contributed by atoms with Gasteiger partial charge in [-0.25, -0.2) is 0 Å². The number of nitrogens with zero attached hydrogens (tertiary/aromatic N) is 1. The van der Waals surface area contributed by atoms with Gasteiger partial charge in [0.1, 0.15) is 6.29 Å². The molecule has 0 amide bonds. The van der Waals surface area contributed by atoms with Crippen molar-refractivity contribution in [2.75, 3.05) is 13.6 Å². The molecule has 3 atom stereocenters. The Morgan fingerprint density at radius 1 is 0.846 bits per heavy atom. The molecule has 0 N–H and O–H groups in total. The molecule has 0 aromatic carbocycles. The highest BCUT2D eigenvalue weighted by Gasteiger charge is 2.60. The average molecular weight is 372 g/mol. The van der Waals surface area contributed by atoms with Gasteiger partial charge in [-0.2, -0.15) is 0 Å². The molecular weight excluding hydrogens is 318 g/mol. The van der Waals surface area contributed by atoms with Gasteiger partial charge in [-0.1, -0.05) is 87.5 Å². The lowest BCUT2D eigenvalue weighted by Crippen LogP contribution is -2.22. The average Bonchev–Trinajstić information content (AvgIpc) is 3.33. The summed E-state index contributed by atoms with van der Waals surface area (Å²) in [6.45, 7) is 21.3. The largest absolute Gasteiger partial charge is 0.304 e. The summed E-state index contributed by atoms with van der Waals surface area (Å²) in [5.41, 5.74) is 0.788. The summed E-state index contributed by atoms with van der Waals surface area (Å²) in [4.78, 5) is 11.4. The first-order valence-corrected chi connectivity index (χ1v) is 11.7. The van der Waals surface area contributed by atoms with E-state index in [1.165, 1.54) is 39.2 Å². The van der Waals surface area contributed by atoms with E-state index in [0.717, 1.165) is 29.6 Å². The van der Waals surface area contributed by atoms with Crippen LogP contribution in [0.3, 0.4) is 0 Å². The number of hydrogen-bond acceptors (Lipinski definition) is 2. The minimum atomic E-state index is 0.750. The highest BCUT2D eigenvalue weighted by molar-refractivity contribution is 5.44. The van der Waals surface area contributed by atoms with Crippen LogP contribution in [-0.4, -0.2) is 30.8 Å². The Balaban J connectivity index is -0.000000414. The molecule has 2 heteroatoms. The summed E-state index contributed by atoms with van der Waals surface area (Å²) >= 11 is 0. The van der Waals surface area contributed by atoms with Crippen LogP contribution >= 0.6 is 0 Å². The summed E-state index contributed by atoms with van der Waals surface area (Å²) in [7, 11) is 2.32. The Morgan fingerprint density at radius 2 is 1.27 bits per heavy atom. The van der Waals surface area contributed by atoms with Gasteiger partial charge in [0.15, 0.2) is 0 Å². The van der Waals surface area contributed by atoms with Crippen molar-refractivity contribution in [2.24, 2.45) is 17.3 Å². The third-order valence-corrected chi connectivity index (χ3v) is 5.49. The van der Waals surface area contributed by atoms with Crippen LogP contribution in [0.2, 0.25) is 0 Å². The minimum Gasteiger partial charge on any atom is -0.304 e. The zero-order valence-electron chi connectivity index (χ0n) is 20.3. The molecule has 3 fully saturated rings. The van der Waals surface area contributed by atoms with Crippen molar-refractivity contribution >= 4 is 6.29 Å². The normalized spacial score (nSPS) is 28.9. The molecule has 1 heterocycles. The third kappa shape index (κ3) is 10.1. The summed E-state index contributed by atoms with van der Waals surface area (Å²) in [5.74, 6) is 2.22. The number of rotatable bonds is 1. The van der Waals surface area contributed by atoms with Crippen LogP contribution in [0, 0.1) is 17.3 Å². The predicted molar refractivity (Wildman–Crippen MR) is 121 cm³/mol. The van der Waals surface area contributed by atoms with Gasteiger partial charge >= 0.3 is 0 Å². The summed E-state index contributed by atoms with van der Waals surface area (Å²) < 4.78 is 0. The van der Waals surface area contributed by atoms with Crippen molar-refractivity contribution in [3.63, 3.8) is 0 Å². The first kappa shape index (κ1) is 30.4. The number of likely N-dealkylation sites (tertiary alicyclic amines) is 1. The van der Waals surface area contributed by atoms with Crippen molar-refractivity contribution in [3.8, 4) is 0 Å². The van der Waals surface area contributed by atoms with Gasteiger partial charge in [0.2, 0.25) is 0 Å². The van der Waals surface area contributed by atoms with Crippen molar-refractivity contribution < 1.29 is 4.79 Å². The monoisotopic (exact) mass is 371 g/mol. The van der Waals surface area contributed by atoms with Gasteiger partial charge in [0.25, 0.3) is 0 Å². The first-order valence-electron chi connectivity index (χ1n) is 11.7. The minimum absolute atomic E-state index is 0.750. The number of carbonyl (C=O) groups excluding carboxylic acids is 1. The number of aldehydes is 1. The van der Waals surface area contributed by atoms with Crippen molar-refractivity contribution in [1.29, 1.82) is 0 Å². The molecule has 0 aromatic rings. The van der Waals surface area contributed by atoms with Crippen molar-refractivity contribution in [2.45, 2.75) is 120 Å². The van der Waals surface area contributed by atoms with E-state index in [4.69, 9.17) is 4.79 Å². The fraction of sp³-hybridized carbons (Fsp3) is 0.958. The molecule has 3 aliphatic rings. The molecule has 0 aromatic heterocycles. The van der Waals surface area contributed by atoms with Crippen LogP contribution < -0.4 is 0 Å². The summed E-state index contributed by atoms with van der Waals surface area (Å²) in [6, 6.07) is 0.846. The van der Waals surface area contributed by atoms with Gasteiger partial charge in [-0.05, 0) is 51.0 Å². The highest BCUT2D eigenvalue weighted by Crippen LogP contribution is 2.64. The zero-order chi connectivity index (χ0) is 21.2. The highest BCUT2D eigenvalue weighted by atomic mass is 16.1. The van der Waals surface area contributed by atoms with Crippen LogP contribution in [0.25, 0.3) is 0 Å². The Morgan fingerprint density at radius 3 is 1.62 bits per heavy atom. The van der Waals surface area contributed by atoms with Crippen LogP contribution in [0.1, 0.15) is 114 Å². The van der Waals surface area contributed by atoms with Crippen LogP contribution in [0.5, 0.6) is 0 Å². The molecule has 2 nitrogen and oxygen atoms in total. The Kier molecular flexibility index (Phi) is 22.6. The maximum absolute atomic E-state index is 8.81. The second kappa shape index (κ2) is 19.4. The van der Waals surface area contributed by atoms with Gasteiger partial charge in [-0.15, -0.1) is 0 Å². The van der Waals surface area contributed by atoms with E-state index in [-0.39, 0.29) is 0 Å². The maximum Gasteiger partial charge on any atom is 0.116 e. The van der Waals surface area contributed by atoms with Crippen molar-refractivity contribution in [1.82, 2.24) is 4.90 Å². The Hall–Kier alpha value is -0.370. The molecule has 26 heavy (non-hydrogen) atoms. The second-order valence-corrected chi connectivity index (χ2v) is 6.78. The first-order chi connectivity index (χ1) is 12.6. The molecule has 0 bridgehead atoms. The molecule has 1 aliphatic heterocycles. The van der Waals surface area contributed by atoms with Gasteiger partial charge in [0.05, 0.1) is 0 Å². The van der Waals surface area contributed by atoms with Crippen LogP contribution in [-0.2, 0) is 4.79 Å². The summed E-state index contributed by atoms with van der Waals surface area (Å²) in [5, 5.41) is 0. The molecule has 160 valence electrons. The Bertz CT molecular complexity index is 274. The molecule has 0 radical (unpaired) electrons. The summed E-state index contributed by atoms with van der Waals surface area (Å²) in [6.07, 6.45) is 11.4. The van der Waals surface area contributed by atoms with E-state index >= 15 is 0 Å². The molecule has 2 aliphatic carbocycles. The topological polar surface area (TPSA) is 20.3 Å². The quantitative estimate of drug-likeness (QED) is 0.442. The molecule has 2 saturated carbocycles. The molecule has 2 unspecified atom stereocenters. The van der Waals surface area contributed by atoms with Crippen LogP contribution in [0.15, 0.2) is 0 Å². The van der Waals surface area contributed by atoms with Crippen LogP contribution in [0.4, 0.5) is 0 Å². The predicted octanol–water partition coefficient (Wildman–Crippen LogP) is 7.61. The Labute approximate surface area is 167 Å².